The normalized spacial score (nSPS) is 12.1. The highest BCUT2D eigenvalue weighted by atomic mass is 16.6. The van der Waals surface area contributed by atoms with Gasteiger partial charge in [-0.2, -0.15) is 0 Å². The number of rotatable bonds is 11. The molecule has 32 heavy (non-hydrogen) atoms. The molecule has 0 bridgehead atoms. The van der Waals surface area contributed by atoms with Crippen LogP contribution in [0, 0.1) is 6.92 Å². The number of alkyl carbamates (subject to hydrolysis) is 1. The molecule has 0 spiro atoms. The number of unbranched alkanes of at least 4 members (excludes halogenated alkanes) is 2. The molecule has 0 aromatic heterocycles. The molecule has 1 aromatic carbocycles. The third-order valence-corrected chi connectivity index (χ3v) is 4.65. The molecule has 3 amide bonds. The fourth-order valence-corrected chi connectivity index (χ4v) is 3.11. The molecule has 1 aromatic rings. The molecule has 9 nitrogen and oxygen atoms in total. The van der Waals surface area contributed by atoms with Gasteiger partial charge in [-0.05, 0) is 39.7 Å². The number of phenols is 1. The number of aromatic hydroxyl groups is 1. The van der Waals surface area contributed by atoms with Gasteiger partial charge in [-0.3, -0.25) is 9.59 Å². The van der Waals surface area contributed by atoms with Crippen LogP contribution < -0.4 is 10.6 Å². The van der Waals surface area contributed by atoms with Crippen molar-refractivity contribution in [2.75, 3.05) is 26.2 Å². The minimum absolute atomic E-state index is 0.1000. The van der Waals surface area contributed by atoms with Crippen LogP contribution in [0.5, 0.6) is 5.75 Å². The predicted molar refractivity (Wildman–Crippen MR) is 121 cm³/mol. The number of hydrogen-bond donors (Lipinski definition) is 4. The molecule has 4 N–H and O–H groups in total. The predicted octanol–water partition coefficient (Wildman–Crippen LogP) is 2.39. The molecule has 0 saturated heterocycles. The van der Waals surface area contributed by atoms with Crippen LogP contribution in [0.3, 0.4) is 0 Å². The Kier molecular flexibility index (Phi) is 11.0. The van der Waals surface area contributed by atoms with Gasteiger partial charge in [0.15, 0.2) is 0 Å². The number of phenolic OH excluding ortho intramolecular Hbond substituents is 1. The van der Waals surface area contributed by atoms with Crippen molar-refractivity contribution in [1.82, 2.24) is 15.5 Å². The van der Waals surface area contributed by atoms with Crippen LogP contribution in [0.4, 0.5) is 4.79 Å². The quantitative estimate of drug-likeness (QED) is 0.383. The van der Waals surface area contributed by atoms with Crippen LogP contribution in [0.1, 0.15) is 64.1 Å². The van der Waals surface area contributed by atoms with Gasteiger partial charge in [0.2, 0.25) is 11.8 Å². The van der Waals surface area contributed by atoms with E-state index in [9.17, 15) is 24.6 Å². The molecule has 180 valence electrons. The van der Waals surface area contributed by atoms with Crippen molar-refractivity contribution < 1.29 is 29.3 Å². The molecule has 9 heteroatoms. The number of aliphatic hydroxyl groups excluding tert-OH is 1. The van der Waals surface area contributed by atoms with E-state index >= 15 is 0 Å². The number of aryl methyl sites for hydroxylation is 1. The van der Waals surface area contributed by atoms with E-state index in [0.29, 0.717) is 12.1 Å². The van der Waals surface area contributed by atoms with Gasteiger partial charge in [0, 0.05) is 18.7 Å². The molecule has 0 aliphatic heterocycles. The van der Waals surface area contributed by atoms with E-state index in [-0.39, 0.29) is 17.9 Å². The summed E-state index contributed by atoms with van der Waals surface area (Å²) in [4.78, 5) is 39.2. The molecule has 1 rings (SSSR count). The highest BCUT2D eigenvalue weighted by Gasteiger charge is 2.33. The summed E-state index contributed by atoms with van der Waals surface area (Å²) in [6.45, 7) is 8.28. The number of carbonyl (C=O) groups excluding carboxylic acids is 3. The van der Waals surface area contributed by atoms with E-state index in [4.69, 9.17) is 4.74 Å². The second kappa shape index (κ2) is 12.9. The smallest absolute Gasteiger partial charge is 0.408 e. The zero-order valence-electron chi connectivity index (χ0n) is 19.7. The number of amides is 3. The van der Waals surface area contributed by atoms with Crippen LogP contribution in [0.25, 0.3) is 0 Å². The van der Waals surface area contributed by atoms with Gasteiger partial charge in [-0.25, -0.2) is 4.79 Å². The summed E-state index contributed by atoms with van der Waals surface area (Å²) in [5.41, 5.74) is 0.0678. The zero-order valence-corrected chi connectivity index (χ0v) is 19.7. The average Bonchev–Trinajstić information content (AvgIpc) is 2.70. The largest absolute Gasteiger partial charge is 0.507 e. The van der Waals surface area contributed by atoms with Crippen molar-refractivity contribution in [3.8, 4) is 5.75 Å². The van der Waals surface area contributed by atoms with Crippen molar-refractivity contribution in [2.45, 2.75) is 65.5 Å². The van der Waals surface area contributed by atoms with E-state index in [1.165, 1.54) is 0 Å². The third-order valence-electron chi connectivity index (χ3n) is 4.65. The molecule has 0 heterocycles. The first-order chi connectivity index (χ1) is 15.0. The summed E-state index contributed by atoms with van der Waals surface area (Å²) in [5.74, 6) is -1.17. The number of para-hydroxylation sites is 1. The van der Waals surface area contributed by atoms with Crippen LogP contribution in [0.15, 0.2) is 18.2 Å². The maximum atomic E-state index is 13.1. The van der Waals surface area contributed by atoms with Crippen molar-refractivity contribution >= 4 is 17.9 Å². The fourth-order valence-electron chi connectivity index (χ4n) is 3.11. The van der Waals surface area contributed by atoms with Crippen LogP contribution in [-0.4, -0.2) is 64.9 Å². The topological polar surface area (TPSA) is 128 Å². The van der Waals surface area contributed by atoms with Gasteiger partial charge in [0.25, 0.3) is 0 Å². The number of nitrogens with one attached hydrogen (secondary N) is 2. The lowest BCUT2D eigenvalue weighted by Crippen LogP contribution is -2.49. The van der Waals surface area contributed by atoms with E-state index in [1.807, 2.05) is 0 Å². The molecule has 1 unspecified atom stereocenters. The van der Waals surface area contributed by atoms with Crippen LogP contribution in [-0.2, 0) is 14.3 Å². The number of benzene rings is 1. The van der Waals surface area contributed by atoms with Gasteiger partial charge in [0.1, 0.15) is 23.9 Å². The number of nitrogens with zero attached hydrogens (tertiary/aromatic N) is 1. The van der Waals surface area contributed by atoms with Crippen molar-refractivity contribution in [3.05, 3.63) is 29.3 Å². The molecular formula is C23H37N3O6. The molecule has 0 fully saturated rings. The number of hydrogen-bond acceptors (Lipinski definition) is 6. The second-order valence-electron chi connectivity index (χ2n) is 8.58. The number of ether oxygens (including phenoxy) is 1. The fraction of sp³-hybridized carbons (Fsp3) is 0.609. The SMILES string of the molecule is CCCCCNC(=O)C(c1cccc(C)c1O)N(CCO)C(=O)CNC(=O)OC(C)(C)C. The maximum Gasteiger partial charge on any atom is 0.408 e. The molecular weight excluding hydrogens is 414 g/mol. The summed E-state index contributed by atoms with van der Waals surface area (Å²) >= 11 is 0. The Balaban J connectivity index is 3.14. The minimum Gasteiger partial charge on any atom is -0.507 e. The third kappa shape index (κ3) is 8.74. The first kappa shape index (κ1) is 27.2. The van der Waals surface area contributed by atoms with E-state index in [1.54, 1.807) is 45.9 Å². The summed E-state index contributed by atoms with van der Waals surface area (Å²) in [7, 11) is 0. The molecule has 0 aliphatic rings. The number of carbonyl (C=O) groups is 3. The Labute approximate surface area is 190 Å². The monoisotopic (exact) mass is 451 g/mol. The summed E-state index contributed by atoms with van der Waals surface area (Å²) < 4.78 is 5.14. The van der Waals surface area contributed by atoms with Crippen molar-refractivity contribution in [2.24, 2.45) is 0 Å². The highest BCUT2D eigenvalue weighted by molar-refractivity contribution is 5.91. The van der Waals surface area contributed by atoms with Crippen LogP contribution >= 0.6 is 0 Å². The average molecular weight is 452 g/mol. The Morgan fingerprint density at radius 2 is 1.84 bits per heavy atom. The van der Waals surface area contributed by atoms with E-state index in [0.717, 1.165) is 24.2 Å². The summed E-state index contributed by atoms with van der Waals surface area (Å²) in [5, 5.41) is 25.4. The van der Waals surface area contributed by atoms with Gasteiger partial charge < -0.3 is 30.5 Å². The van der Waals surface area contributed by atoms with Gasteiger partial charge in [-0.15, -0.1) is 0 Å². The highest BCUT2D eigenvalue weighted by Crippen LogP contribution is 2.31. The Bertz CT molecular complexity index is 775. The summed E-state index contributed by atoms with van der Waals surface area (Å²) in [6.07, 6.45) is 1.94. The van der Waals surface area contributed by atoms with Gasteiger partial charge in [0.05, 0.1) is 6.61 Å². The minimum atomic E-state index is -1.17. The van der Waals surface area contributed by atoms with Crippen molar-refractivity contribution in [1.29, 1.82) is 0 Å². The second-order valence-corrected chi connectivity index (χ2v) is 8.58. The molecule has 0 aliphatic carbocycles. The Morgan fingerprint density at radius 1 is 1.16 bits per heavy atom. The lowest BCUT2D eigenvalue weighted by atomic mass is 10.00. The van der Waals surface area contributed by atoms with Crippen LogP contribution in [0.2, 0.25) is 0 Å². The molecule has 1 atom stereocenters. The van der Waals surface area contributed by atoms with Crippen molar-refractivity contribution in [3.63, 3.8) is 0 Å². The Morgan fingerprint density at radius 3 is 2.44 bits per heavy atom. The standard InChI is InChI=1S/C23H37N3O6/c1-6-7-8-12-24-21(30)19(17-11-9-10-16(2)20(17)29)26(13-14-27)18(28)15-25-22(31)32-23(3,4)5/h9-11,19,27,29H,6-8,12-15H2,1-5H3,(H,24,30)(H,25,31). The Hall–Kier alpha value is -2.81. The van der Waals surface area contributed by atoms with E-state index < -0.39 is 42.7 Å². The first-order valence-electron chi connectivity index (χ1n) is 10.9. The zero-order chi connectivity index (χ0) is 24.3. The lowest BCUT2D eigenvalue weighted by Gasteiger charge is -2.31. The van der Waals surface area contributed by atoms with Gasteiger partial charge >= 0.3 is 6.09 Å². The molecule has 0 saturated carbocycles. The lowest BCUT2D eigenvalue weighted by molar-refractivity contribution is -0.140. The van der Waals surface area contributed by atoms with E-state index in [2.05, 4.69) is 17.6 Å². The van der Waals surface area contributed by atoms with Gasteiger partial charge in [-0.1, -0.05) is 38.0 Å². The summed E-state index contributed by atoms with van der Waals surface area (Å²) in [6, 6.07) is 3.77. The maximum absolute atomic E-state index is 13.1. The number of aliphatic hydroxyl groups is 1. The first-order valence-corrected chi connectivity index (χ1v) is 10.9. The molecule has 0 radical (unpaired) electrons.